The van der Waals surface area contributed by atoms with E-state index in [1.165, 1.54) is 38.5 Å². The predicted octanol–water partition coefficient (Wildman–Crippen LogP) is 6.11. The highest BCUT2D eigenvalue weighted by atomic mass is 28.4. The van der Waals surface area contributed by atoms with Crippen LogP contribution in [0.15, 0.2) is 12.3 Å². The van der Waals surface area contributed by atoms with E-state index in [0.717, 1.165) is 12.5 Å². The zero-order chi connectivity index (χ0) is 17.5. The molecule has 0 spiro atoms. The molecule has 0 aliphatic carbocycles. The lowest BCUT2D eigenvalue weighted by Gasteiger charge is -2.35. The summed E-state index contributed by atoms with van der Waals surface area (Å²) in [5.74, 6) is 1.63. The van der Waals surface area contributed by atoms with Gasteiger partial charge in [-0.2, -0.15) is 0 Å². The van der Waals surface area contributed by atoms with Gasteiger partial charge in [0.1, 0.15) is 0 Å². The molecule has 1 N–H and O–H groups in total. The van der Waals surface area contributed by atoms with Gasteiger partial charge in [-0.1, -0.05) is 53.9 Å². The van der Waals surface area contributed by atoms with Crippen molar-refractivity contribution in [2.45, 2.75) is 97.3 Å². The Kier molecular flexibility index (Phi) is 8.36. The minimum atomic E-state index is -1.68. The van der Waals surface area contributed by atoms with Crippen molar-refractivity contribution in [3.8, 4) is 0 Å². The summed E-state index contributed by atoms with van der Waals surface area (Å²) in [6, 6.07) is 0.456. The topological polar surface area (TPSA) is 21.3 Å². The van der Waals surface area contributed by atoms with Gasteiger partial charge in [0.05, 0.1) is 6.26 Å². The molecule has 0 amide bonds. The Morgan fingerprint density at radius 3 is 2.39 bits per heavy atom. The second kappa shape index (κ2) is 9.27. The summed E-state index contributed by atoms with van der Waals surface area (Å²) in [5, 5.41) is 4.02. The molecule has 0 aromatic rings. The van der Waals surface area contributed by atoms with Gasteiger partial charge >= 0.3 is 0 Å². The van der Waals surface area contributed by atoms with Crippen LogP contribution in [0.1, 0.15) is 73.1 Å². The van der Waals surface area contributed by atoms with Crippen LogP contribution in [0.3, 0.4) is 0 Å². The van der Waals surface area contributed by atoms with E-state index in [9.17, 15) is 0 Å². The summed E-state index contributed by atoms with van der Waals surface area (Å²) in [5.41, 5.74) is 0. The van der Waals surface area contributed by atoms with E-state index >= 15 is 0 Å². The number of hydrogen-bond acceptors (Lipinski definition) is 2. The minimum Gasteiger partial charge on any atom is -0.549 e. The quantitative estimate of drug-likeness (QED) is 0.493. The lowest BCUT2D eigenvalue weighted by Crippen LogP contribution is -2.39. The molecule has 23 heavy (non-hydrogen) atoms. The molecule has 1 aliphatic rings. The summed E-state index contributed by atoms with van der Waals surface area (Å²) in [7, 11) is -1.68. The molecule has 0 saturated carbocycles. The first kappa shape index (κ1) is 20.8. The maximum Gasteiger partial charge on any atom is 0.249 e. The average molecular weight is 340 g/mol. The first-order valence-corrected chi connectivity index (χ1v) is 12.7. The van der Waals surface area contributed by atoms with Crippen molar-refractivity contribution in [1.82, 2.24) is 5.32 Å². The Labute approximate surface area is 146 Å². The van der Waals surface area contributed by atoms with Crippen LogP contribution in [0.2, 0.25) is 18.1 Å². The van der Waals surface area contributed by atoms with Crippen LogP contribution in [0.25, 0.3) is 0 Å². The van der Waals surface area contributed by atoms with E-state index in [1.54, 1.807) is 0 Å². The molecule has 1 saturated heterocycles. The fraction of sp³-hybridized carbons (Fsp3) is 0.900. The van der Waals surface area contributed by atoms with Gasteiger partial charge < -0.3 is 9.74 Å². The van der Waals surface area contributed by atoms with Crippen LogP contribution in [0.4, 0.5) is 0 Å². The second-order valence-electron chi connectivity index (χ2n) is 9.01. The zero-order valence-electron chi connectivity index (χ0n) is 16.7. The van der Waals surface area contributed by atoms with E-state index < -0.39 is 8.32 Å². The summed E-state index contributed by atoms with van der Waals surface area (Å²) < 4.78 is 6.23. The lowest BCUT2D eigenvalue weighted by molar-refractivity contribution is 0.324. The van der Waals surface area contributed by atoms with Crippen LogP contribution in [0, 0.1) is 11.8 Å². The molecule has 2 nitrogen and oxygen atoms in total. The van der Waals surface area contributed by atoms with Gasteiger partial charge in [0.2, 0.25) is 8.32 Å². The molecule has 1 rings (SSSR count). The van der Waals surface area contributed by atoms with Gasteiger partial charge in [-0.05, 0) is 61.9 Å². The van der Waals surface area contributed by atoms with Gasteiger partial charge in [-0.3, -0.25) is 0 Å². The third kappa shape index (κ3) is 7.00. The van der Waals surface area contributed by atoms with Crippen molar-refractivity contribution in [3.63, 3.8) is 0 Å². The normalized spacial score (nSPS) is 28.7. The largest absolute Gasteiger partial charge is 0.549 e. The van der Waals surface area contributed by atoms with Crippen LogP contribution in [0.5, 0.6) is 0 Å². The Hall–Kier alpha value is -0.283. The van der Waals surface area contributed by atoms with Crippen molar-refractivity contribution < 1.29 is 4.43 Å². The zero-order valence-corrected chi connectivity index (χ0v) is 17.7. The number of hydrogen-bond donors (Lipinski definition) is 1. The Bertz CT molecular complexity index is 359. The smallest absolute Gasteiger partial charge is 0.249 e. The summed E-state index contributed by atoms with van der Waals surface area (Å²) >= 11 is 0. The molecule has 0 bridgehead atoms. The number of nitrogens with one attached hydrogen (secondary N) is 1. The molecule has 0 unspecified atom stereocenters. The molecule has 0 aromatic heterocycles. The summed E-state index contributed by atoms with van der Waals surface area (Å²) in [6.45, 7) is 17.4. The highest BCUT2D eigenvalue weighted by Crippen LogP contribution is 2.36. The highest BCUT2D eigenvalue weighted by molar-refractivity contribution is 6.74. The first-order chi connectivity index (χ1) is 10.7. The number of rotatable bonds is 4. The van der Waals surface area contributed by atoms with E-state index in [0.29, 0.717) is 12.0 Å². The van der Waals surface area contributed by atoms with E-state index in [1.807, 2.05) is 6.26 Å². The van der Waals surface area contributed by atoms with Crippen LogP contribution in [-0.2, 0) is 4.43 Å². The summed E-state index contributed by atoms with van der Waals surface area (Å²) in [6.07, 6.45) is 12.4. The predicted molar refractivity (Wildman–Crippen MR) is 105 cm³/mol. The average Bonchev–Trinajstić information content (AvgIpc) is 2.46. The van der Waals surface area contributed by atoms with E-state index in [4.69, 9.17) is 4.43 Å². The van der Waals surface area contributed by atoms with Gasteiger partial charge in [0.25, 0.3) is 0 Å². The molecular weight excluding hydrogens is 298 g/mol. The SMILES string of the molecule is CC[C@@H]1CCCN[C@@H](/C=C/O[Si](C)(C)C(C)(C)C)[C@H](C)CCC1. The maximum atomic E-state index is 6.23. The van der Waals surface area contributed by atoms with Gasteiger partial charge in [0.15, 0.2) is 0 Å². The van der Waals surface area contributed by atoms with Crippen molar-refractivity contribution in [2.75, 3.05) is 6.54 Å². The van der Waals surface area contributed by atoms with Crippen molar-refractivity contribution in [3.05, 3.63) is 12.3 Å². The molecule has 0 aromatic carbocycles. The Balaban J connectivity index is 2.58. The van der Waals surface area contributed by atoms with Crippen molar-refractivity contribution in [2.24, 2.45) is 11.8 Å². The van der Waals surface area contributed by atoms with Crippen LogP contribution in [-0.4, -0.2) is 20.9 Å². The third-order valence-corrected chi connectivity index (χ3v) is 10.4. The van der Waals surface area contributed by atoms with Crippen molar-refractivity contribution in [1.29, 1.82) is 0 Å². The first-order valence-electron chi connectivity index (χ1n) is 9.75. The monoisotopic (exact) mass is 339 g/mol. The molecule has 136 valence electrons. The van der Waals surface area contributed by atoms with Crippen molar-refractivity contribution >= 4 is 8.32 Å². The maximum absolute atomic E-state index is 6.23. The third-order valence-electron chi connectivity index (χ3n) is 6.09. The molecule has 3 heteroatoms. The molecule has 1 aliphatic heterocycles. The minimum absolute atomic E-state index is 0.266. The standard InChI is InChI=1S/C20H41NOSi/c1-8-18-12-9-11-17(2)19(21-15-10-13-18)14-16-22-23(6,7)20(3,4)5/h14,16-19,21H,8-13,15H2,1-7H3/b16-14+/t17-,18+,19+/m1/s1. The molecule has 0 radical (unpaired) electrons. The second-order valence-corrected chi connectivity index (χ2v) is 13.8. The van der Waals surface area contributed by atoms with Gasteiger partial charge in [0, 0.05) is 6.04 Å². The summed E-state index contributed by atoms with van der Waals surface area (Å²) in [4.78, 5) is 0. The molecule has 3 atom stereocenters. The van der Waals surface area contributed by atoms with E-state index in [-0.39, 0.29) is 5.04 Å². The molecule has 1 fully saturated rings. The van der Waals surface area contributed by atoms with E-state index in [2.05, 4.69) is 59.1 Å². The molecular formula is C20H41NOSi. The van der Waals surface area contributed by atoms with Gasteiger partial charge in [-0.15, -0.1) is 0 Å². The fourth-order valence-electron chi connectivity index (χ4n) is 3.05. The van der Waals surface area contributed by atoms with Gasteiger partial charge in [-0.25, -0.2) is 0 Å². The lowest BCUT2D eigenvalue weighted by atomic mass is 9.88. The van der Waals surface area contributed by atoms with Crippen LogP contribution >= 0.6 is 0 Å². The Morgan fingerprint density at radius 1 is 1.13 bits per heavy atom. The fourth-order valence-corrected chi connectivity index (χ4v) is 3.82. The molecule has 1 heterocycles. The Morgan fingerprint density at radius 2 is 1.78 bits per heavy atom. The van der Waals surface area contributed by atoms with Crippen LogP contribution < -0.4 is 5.32 Å². The highest BCUT2D eigenvalue weighted by Gasteiger charge is 2.38.